The van der Waals surface area contributed by atoms with Gasteiger partial charge in [-0.15, -0.1) is 0 Å². The van der Waals surface area contributed by atoms with E-state index in [0.717, 1.165) is 18.7 Å². The standard InChI is InChI=1S/C19H25N3O4/c1-3-26-18(23)16-15(12-22-9-4-5-10-22)20-19(24)21-17(16)13-7-6-8-14(11-13)25-2/h6-8,11,17H,3-5,9-10,12H2,1-2H3,(H2,20,21,24)/p+1/t17-/m0/s1. The van der Waals surface area contributed by atoms with Crippen LogP contribution in [0.25, 0.3) is 0 Å². The van der Waals surface area contributed by atoms with Crippen LogP contribution in [0.2, 0.25) is 0 Å². The molecule has 0 aromatic heterocycles. The van der Waals surface area contributed by atoms with Gasteiger partial charge in [0.25, 0.3) is 0 Å². The van der Waals surface area contributed by atoms with Gasteiger partial charge in [-0.05, 0) is 24.6 Å². The fourth-order valence-electron chi connectivity index (χ4n) is 3.58. The molecule has 1 saturated heterocycles. The maximum absolute atomic E-state index is 12.7. The third-order valence-electron chi connectivity index (χ3n) is 4.81. The normalized spacial score (nSPS) is 20.5. The highest BCUT2D eigenvalue weighted by molar-refractivity contribution is 5.95. The van der Waals surface area contributed by atoms with Crippen LogP contribution in [0.1, 0.15) is 31.4 Å². The molecule has 3 rings (SSSR count). The topological polar surface area (TPSA) is 81.1 Å². The molecule has 0 aliphatic carbocycles. The smallest absolute Gasteiger partial charge is 0.338 e. The third kappa shape index (κ3) is 3.99. The molecular formula is C19H26N3O4+. The molecule has 7 heteroatoms. The van der Waals surface area contributed by atoms with Crippen molar-refractivity contribution in [1.82, 2.24) is 10.6 Å². The van der Waals surface area contributed by atoms with Crippen molar-refractivity contribution >= 4 is 12.0 Å². The highest BCUT2D eigenvalue weighted by atomic mass is 16.5. The van der Waals surface area contributed by atoms with Gasteiger partial charge in [0.15, 0.2) is 0 Å². The summed E-state index contributed by atoms with van der Waals surface area (Å²) in [5, 5.41) is 5.69. The number of likely N-dealkylation sites (tertiary alicyclic amines) is 1. The summed E-state index contributed by atoms with van der Waals surface area (Å²) in [5.74, 6) is 0.270. The van der Waals surface area contributed by atoms with Gasteiger partial charge in [0.05, 0.1) is 44.1 Å². The van der Waals surface area contributed by atoms with E-state index in [-0.39, 0.29) is 12.6 Å². The molecule has 3 N–H and O–H groups in total. The second-order valence-corrected chi connectivity index (χ2v) is 6.55. The summed E-state index contributed by atoms with van der Waals surface area (Å²) in [6.07, 6.45) is 2.34. The molecule has 7 nitrogen and oxygen atoms in total. The van der Waals surface area contributed by atoms with Gasteiger partial charge in [-0.2, -0.15) is 0 Å². The number of hydrogen-bond acceptors (Lipinski definition) is 4. The summed E-state index contributed by atoms with van der Waals surface area (Å²) in [5.41, 5.74) is 1.91. The summed E-state index contributed by atoms with van der Waals surface area (Å²) >= 11 is 0. The van der Waals surface area contributed by atoms with Crippen molar-refractivity contribution in [2.75, 3.05) is 33.4 Å². The Labute approximate surface area is 153 Å². The van der Waals surface area contributed by atoms with E-state index in [1.807, 2.05) is 24.3 Å². The highest BCUT2D eigenvalue weighted by Gasteiger charge is 2.35. The van der Waals surface area contributed by atoms with Gasteiger partial charge in [0.2, 0.25) is 0 Å². The van der Waals surface area contributed by atoms with Crippen molar-refractivity contribution in [3.8, 4) is 5.75 Å². The predicted octanol–water partition coefficient (Wildman–Crippen LogP) is 0.545. The Bertz CT molecular complexity index is 710. The van der Waals surface area contributed by atoms with Crippen LogP contribution in [0, 0.1) is 0 Å². The van der Waals surface area contributed by atoms with Crippen LogP contribution < -0.4 is 20.3 Å². The summed E-state index contributed by atoms with van der Waals surface area (Å²) < 4.78 is 10.6. The molecule has 1 atom stereocenters. The second-order valence-electron chi connectivity index (χ2n) is 6.55. The largest absolute Gasteiger partial charge is 0.497 e. The monoisotopic (exact) mass is 360 g/mol. The number of urea groups is 1. The molecule has 1 aromatic rings. The molecule has 0 saturated carbocycles. The third-order valence-corrected chi connectivity index (χ3v) is 4.81. The number of carbonyl (C=O) groups excluding carboxylic acids is 2. The lowest BCUT2D eigenvalue weighted by Gasteiger charge is -2.30. The Morgan fingerprint density at radius 3 is 2.77 bits per heavy atom. The van der Waals surface area contributed by atoms with Crippen LogP contribution in [0.3, 0.4) is 0 Å². The van der Waals surface area contributed by atoms with Crippen LogP contribution in [-0.4, -0.2) is 45.4 Å². The molecule has 2 heterocycles. The first-order valence-electron chi connectivity index (χ1n) is 9.07. The average Bonchev–Trinajstić information content (AvgIpc) is 3.14. The molecule has 0 bridgehead atoms. The zero-order valence-electron chi connectivity index (χ0n) is 15.3. The van der Waals surface area contributed by atoms with E-state index in [9.17, 15) is 9.59 Å². The molecule has 0 unspecified atom stereocenters. The van der Waals surface area contributed by atoms with Crippen molar-refractivity contribution in [3.05, 3.63) is 41.1 Å². The number of amides is 2. The molecule has 2 amide bonds. The van der Waals surface area contributed by atoms with Gasteiger partial charge >= 0.3 is 12.0 Å². The Morgan fingerprint density at radius 1 is 1.31 bits per heavy atom. The minimum atomic E-state index is -0.560. The quantitative estimate of drug-likeness (QED) is 0.647. The van der Waals surface area contributed by atoms with Crippen LogP contribution in [0.5, 0.6) is 5.75 Å². The van der Waals surface area contributed by atoms with E-state index < -0.39 is 12.0 Å². The average molecular weight is 360 g/mol. The molecule has 0 spiro atoms. The van der Waals surface area contributed by atoms with Gasteiger partial charge in [0, 0.05) is 12.8 Å². The number of rotatable bonds is 6. The summed E-state index contributed by atoms with van der Waals surface area (Å²) in [6.45, 7) is 4.77. The second kappa shape index (κ2) is 8.23. The van der Waals surface area contributed by atoms with Crippen molar-refractivity contribution in [2.45, 2.75) is 25.8 Å². The van der Waals surface area contributed by atoms with E-state index >= 15 is 0 Å². The Balaban J connectivity index is 2.00. The van der Waals surface area contributed by atoms with Gasteiger partial charge in [-0.3, -0.25) is 0 Å². The molecule has 140 valence electrons. The molecule has 0 radical (unpaired) electrons. The first-order chi connectivity index (χ1) is 12.6. The van der Waals surface area contributed by atoms with Crippen molar-refractivity contribution < 1.29 is 24.0 Å². The van der Waals surface area contributed by atoms with E-state index in [1.54, 1.807) is 14.0 Å². The van der Waals surface area contributed by atoms with E-state index in [1.165, 1.54) is 17.7 Å². The van der Waals surface area contributed by atoms with Crippen LogP contribution in [0.4, 0.5) is 4.79 Å². The SMILES string of the molecule is CCOC(=O)C1=C(C[NH+]2CCCC2)NC(=O)N[C@H]1c1cccc(OC)c1. The number of methoxy groups -OCH3 is 1. The van der Waals surface area contributed by atoms with E-state index in [0.29, 0.717) is 23.6 Å². The van der Waals surface area contributed by atoms with Gasteiger partial charge in [-0.1, -0.05) is 12.1 Å². The number of benzene rings is 1. The summed E-state index contributed by atoms with van der Waals surface area (Å²) in [4.78, 5) is 26.3. The summed E-state index contributed by atoms with van der Waals surface area (Å²) in [6, 6.07) is 6.51. The molecule has 2 aliphatic rings. The van der Waals surface area contributed by atoms with Crippen molar-refractivity contribution in [1.29, 1.82) is 0 Å². The zero-order valence-corrected chi connectivity index (χ0v) is 15.3. The van der Waals surface area contributed by atoms with Crippen LogP contribution >= 0.6 is 0 Å². The molecule has 2 aliphatic heterocycles. The molecule has 1 fully saturated rings. The predicted molar refractivity (Wildman–Crippen MR) is 95.9 cm³/mol. The highest BCUT2D eigenvalue weighted by Crippen LogP contribution is 2.29. The molecule has 26 heavy (non-hydrogen) atoms. The van der Waals surface area contributed by atoms with E-state index in [2.05, 4.69) is 10.6 Å². The maximum Gasteiger partial charge on any atom is 0.338 e. The van der Waals surface area contributed by atoms with Crippen LogP contribution in [-0.2, 0) is 9.53 Å². The molecule has 1 aromatic carbocycles. The van der Waals surface area contributed by atoms with Gasteiger partial charge < -0.3 is 25.0 Å². The Kier molecular flexibility index (Phi) is 5.78. The maximum atomic E-state index is 12.7. The first-order valence-corrected chi connectivity index (χ1v) is 9.07. The van der Waals surface area contributed by atoms with Crippen molar-refractivity contribution in [3.63, 3.8) is 0 Å². The lowest BCUT2D eigenvalue weighted by Crippen LogP contribution is -3.10. The first kappa shape index (κ1) is 18.3. The number of hydrogen-bond donors (Lipinski definition) is 3. The Morgan fingerprint density at radius 2 is 2.08 bits per heavy atom. The fraction of sp³-hybridized carbons (Fsp3) is 0.474. The minimum Gasteiger partial charge on any atom is -0.497 e. The van der Waals surface area contributed by atoms with E-state index in [4.69, 9.17) is 9.47 Å². The number of carbonyl (C=O) groups is 2. The number of ether oxygens (including phenoxy) is 2. The van der Waals surface area contributed by atoms with Crippen molar-refractivity contribution in [2.24, 2.45) is 0 Å². The lowest BCUT2D eigenvalue weighted by atomic mass is 9.94. The fourth-order valence-corrected chi connectivity index (χ4v) is 3.58. The number of esters is 1. The van der Waals surface area contributed by atoms with Gasteiger partial charge in [0.1, 0.15) is 12.3 Å². The minimum absolute atomic E-state index is 0.283. The zero-order chi connectivity index (χ0) is 18.5. The molecular weight excluding hydrogens is 334 g/mol. The van der Waals surface area contributed by atoms with Gasteiger partial charge in [-0.25, -0.2) is 9.59 Å². The van der Waals surface area contributed by atoms with Crippen LogP contribution in [0.15, 0.2) is 35.5 Å². The number of nitrogens with one attached hydrogen (secondary N) is 3. The lowest BCUT2D eigenvalue weighted by molar-refractivity contribution is -0.882. The number of quaternary nitrogens is 1. The Hall–Kier alpha value is -2.54. The summed E-state index contributed by atoms with van der Waals surface area (Å²) in [7, 11) is 1.59.